The van der Waals surface area contributed by atoms with Crippen LogP contribution in [0, 0.1) is 11.5 Å². The zero-order valence-corrected chi connectivity index (χ0v) is 13.7. The van der Waals surface area contributed by atoms with Crippen LogP contribution in [0.15, 0.2) is 0 Å². The molecule has 0 radical (unpaired) electrons. The summed E-state index contributed by atoms with van der Waals surface area (Å²) in [7, 11) is 2.75. The summed E-state index contributed by atoms with van der Waals surface area (Å²) < 4.78 is 4.92. The van der Waals surface area contributed by atoms with Crippen molar-refractivity contribution in [3.63, 3.8) is 0 Å². The maximum atomic E-state index is 11.2. The summed E-state index contributed by atoms with van der Waals surface area (Å²) in [4.78, 5) is 13.4. The molecule has 3 nitrogen and oxygen atoms in total. The maximum absolute atomic E-state index is 11.2. The quantitative estimate of drug-likeness (QED) is 0.421. The van der Waals surface area contributed by atoms with Gasteiger partial charge in [-0.2, -0.15) is 0 Å². The lowest BCUT2D eigenvalue weighted by Gasteiger charge is -2.19. The van der Waals surface area contributed by atoms with Crippen LogP contribution in [0.1, 0.15) is 26.2 Å². The summed E-state index contributed by atoms with van der Waals surface area (Å²) in [5.74, 6) is 3.25. The molecule has 0 N–H and O–H groups in total. The first kappa shape index (κ1) is 17.2. The topological polar surface area (TPSA) is 29.5 Å². The van der Waals surface area contributed by atoms with E-state index in [0.29, 0.717) is 13.0 Å². The molecule has 0 aromatic carbocycles. The van der Waals surface area contributed by atoms with Crippen molar-refractivity contribution in [3.8, 4) is 11.5 Å². The summed E-state index contributed by atoms with van der Waals surface area (Å²) in [5, 5.41) is 0. The van der Waals surface area contributed by atoms with E-state index in [1.54, 1.807) is 0 Å². The predicted molar refractivity (Wildman–Crippen MR) is 79.1 cm³/mol. The van der Waals surface area contributed by atoms with Gasteiger partial charge in [-0.3, -0.25) is 9.69 Å². The second-order valence-electron chi connectivity index (χ2n) is 5.70. The Hall–Kier alpha value is -0.793. The van der Waals surface area contributed by atoms with Crippen molar-refractivity contribution >= 4 is 14.0 Å². The lowest BCUT2D eigenvalue weighted by atomic mass is 10.1. The van der Waals surface area contributed by atoms with E-state index >= 15 is 0 Å². The molecular formula is C14H27NO2Si. The van der Waals surface area contributed by atoms with Crippen LogP contribution in [0.2, 0.25) is 19.6 Å². The monoisotopic (exact) mass is 269 g/mol. The van der Waals surface area contributed by atoms with Crippen LogP contribution in [-0.4, -0.2) is 45.7 Å². The Labute approximate surface area is 113 Å². The van der Waals surface area contributed by atoms with Crippen LogP contribution >= 0.6 is 0 Å². The fraction of sp³-hybridized carbons (Fsp3) is 0.786. The molecule has 0 saturated carbocycles. The number of ether oxygens (including phenoxy) is 1. The highest BCUT2D eigenvalue weighted by Crippen LogP contribution is 2.07. The van der Waals surface area contributed by atoms with Crippen LogP contribution in [0.3, 0.4) is 0 Å². The van der Waals surface area contributed by atoms with E-state index in [2.05, 4.69) is 36.0 Å². The molecule has 1 unspecified atom stereocenters. The molecule has 0 aromatic rings. The molecule has 0 amide bonds. The molecule has 0 aliphatic carbocycles. The minimum Gasteiger partial charge on any atom is -0.466 e. The van der Waals surface area contributed by atoms with Crippen molar-refractivity contribution in [2.24, 2.45) is 0 Å². The van der Waals surface area contributed by atoms with Crippen molar-refractivity contribution < 1.29 is 9.53 Å². The van der Waals surface area contributed by atoms with E-state index in [9.17, 15) is 4.79 Å². The van der Waals surface area contributed by atoms with Crippen LogP contribution in [0.5, 0.6) is 0 Å². The lowest BCUT2D eigenvalue weighted by Crippen LogP contribution is -2.28. The van der Waals surface area contributed by atoms with Crippen molar-refractivity contribution in [2.45, 2.75) is 51.9 Å². The number of nitrogens with zero attached hydrogens (tertiary/aromatic N) is 1. The molecule has 0 spiro atoms. The third kappa shape index (κ3) is 9.26. The number of carbonyl (C=O) groups excluding carboxylic acids is 1. The largest absolute Gasteiger partial charge is 0.466 e. The standard InChI is InChI=1S/C14H27NO2Si/c1-7-17-14(16)10-8-9-13(15(2)3)11-12-18(4,5)6/h13H,7-10H2,1-6H3. The van der Waals surface area contributed by atoms with Gasteiger partial charge in [0.25, 0.3) is 0 Å². The molecule has 0 fully saturated rings. The van der Waals surface area contributed by atoms with E-state index in [4.69, 9.17) is 4.74 Å². The van der Waals surface area contributed by atoms with Crippen molar-refractivity contribution in [3.05, 3.63) is 0 Å². The van der Waals surface area contributed by atoms with Gasteiger partial charge in [-0.15, -0.1) is 5.54 Å². The molecular weight excluding hydrogens is 242 g/mol. The predicted octanol–water partition coefficient (Wildman–Crippen LogP) is 2.53. The van der Waals surface area contributed by atoms with Gasteiger partial charge in [-0.1, -0.05) is 25.6 Å². The summed E-state index contributed by atoms with van der Waals surface area (Å²) in [6, 6.07) is 0.242. The number of hydrogen-bond donors (Lipinski definition) is 0. The molecule has 4 heteroatoms. The normalized spacial score (nSPS) is 12.8. The van der Waals surface area contributed by atoms with E-state index in [0.717, 1.165) is 12.8 Å². The van der Waals surface area contributed by atoms with Crippen molar-refractivity contribution in [1.29, 1.82) is 0 Å². The molecule has 0 aliphatic heterocycles. The summed E-state index contributed by atoms with van der Waals surface area (Å²) >= 11 is 0. The molecule has 0 aromatic heterocycles. The zero-order chi connectivity index (χ0) is 14.2. The first-order valence-electron chi connectivity index (χ1n) is 6.61. The van der Waals surface area contributed by atoms with E-state index in [1.807, 2.05) is 21.0 Å². The van der Waals surface area contributed by atoms with Crippen molar-refractivity contribution in [2.75, 3.05) is 20.7 Å². The van der Waals surface area contributed by atoms with Crippen LogP contribution in [0.25, 0.3) is 0 Å². The smallest absolute Gasteiger partial charge is 0.305 e. The molecule has 0 rings (SSSR count). The minimum absolute atomic E-state index is 0.104. The highest BCUT2D eigenvalue weighted by molar-refractivity contribution is 6.83. The molecule has 0 aliphatic rings. The van der Waals surface area contributed by atoms with Gasteiger partial charge in [-0.05, 0) is 33.9 Å². The maximum Gasteiger partial charge on any atom is 0.305 e. The SMILES string of the molecule is CCOC(=O)CCCC(C#C[Si](C)(C)C)N(C)C. The molecule has 0 heterocycles. The van der Waals surface area contributed by atoms with Gasteiger partial charge in [0, 0.05) is 6.42 Å². The summed E-state index contributed by atoms with van der Waals surface area (Å²) in [6.45, 7) is 9.02. The van der Waals surface area contributed by atoms with Gasteiger partial charge in [0.1, 0.15) is 8.07 Å². The van der Waals surface area contributed by atoms with E-state index in [-0.39, 0.29) is 12.0 Å². The Bertz CT molecular complexity index is 310. The van der Waals surface area contributed by atoms with Gasteiger partial charge in [0.15, 0.2) is 0 Å². The summed E-state index contributed by atoms with van der Waals surface area (Å²) in [5.41, 5.74) is 3.40. The third-order valence-electron chi connectivity index (χ3n) is 2.40. The van der Waals surface area contributed by atoms with Crippen LogP contribution in [0.4, 0.5) is 0 Å². The Kier molecular flexibility index (Phi) is 7.97. The van der Waals surface area contributed by atoms with E-state index < -0.39 is 8.07 Å². The van der Waals surface area contributed by atoms with Gasteiger partial charge in [0.05, 0.1) is 12.6 Å². The Morgan fingerprint density at radius 3 is 2.39 bits per heavy atom. The zero-order valence-electron chi connectivity index (χ0n) is 12.7. The van der Waals surface area contributed by atoms with Gasteiger partial charge >= 0.3 is 5.97 Å². The lowest BCUT2D eigenvalue weighted by molar-refractivity contribution is -0.143. The molecule has 18 heavy (non-hydrogen) atoms. The van der Waals surface area contributed by atoms with Crippen molar-refractivity contribution in [1.82, 2.24) is 4.90 Å². The highest BCUT2D eigenvalue weighted by atomic mass is 28.3. The van der Waals surface area contributed by atoms with Gasteiger partial charge in [-0.25, -0.2) is 0 Å². The van der Waals surface area contributed by atoms with Gasteiger partial charge in [0.2, 0.25) is 0 Å². The van der Waals surface area contributed by atoms with Crippen LogP contribution in [-0.2, 0) is 9.53 Å². The first-order chi connectivity index (χ1) is 8.26. The van der Waals surface area contributed by atoms with E-state index in [1.165, 1.54) is 0 Å². The van der Waals surface area contributed by atoms with Crippen LogP contribution < -0.4 is 0 Å². The number of esters is 1. The number of carbonyl (C=O) groups is 1. The summed E-state index contributed by atoms with van der Waals surface area (Å²) in [6.07, 6.45) is 2.25. The molecule has 104 valence electrons. The fourth-order valence-electron chi connectivity index (χ4n) is 1.43. The van der Waals surface area contributed by atoms with Gasteiger partial charge < -0.3 is 4.74 Å². The average Bonchev–Trinajstić information content (AvgIpc) is 2.21. The number of rotatable bonds is 6. The molecule has 0 bridgehead atoms. The first-order valence-corrected chi connectivity index (χ1v) is 10.1. The second kappa shape index (κ2) is 8.33. The molecule has 0 saturated heterocycles. The average molecular weight is 269 g/mol. The minimum atomic E-state index is -1.32. The highest BCUT2D eigenvalue weighted by Gasteiger charge is 2.12. The Morgan fingerprint density at radius 2 is 1.94 bits per heavy atom. The Balaban J connectivity index is 4.21. The number of hydrogen-bond acceptors (Lipinski definition) is 3. The fourth-order valence-corrected chi connectivity index (χ4v) is 2.03. The third-order valence-corrected chi connectivity index (χ3v) is 3.30. The molecule has 1 atom stereocenters. The Morgan fingerprint density at radius 1 is 1.33 bits per heavy atom. The second-order valence-corrected chi connectivity index (χ2v) is 10.4.